The lowest BCUT2D eigenvalue weighted by atomic mass is 10.2. The third-order valence-electron chi connectivity index (χ3n) is 1.81. The zero-order chi connectivity index (χ0) is 9.19. The lowest BCUT2D eigenvalue weighted by molar-refractivity contribution is 0.276. The normalized spacial score (nSPS) is 18.2. The fourth-order valence-electron chi connectivity index (χ4n) is 1.08. The first-order chi connectivity index (χ1) is 5.54. The van der Waals surface area contributed by atoms with Crippen molar-refractivity contribution < 1.29 is 13.2 Å². The van der Waals surface area contributed by atoms with Crippen LogP contribution in [0.2, 0.25) is 0 Å². The van der Waals surface area contributed by atoms with Crippen LogP contribution in [0.5, 0.6) is 0 Å². The second kappa shape index (κ2) is 3.31. The van der Waals surface area contributed by atoms with Crippen molar-refractivity contribution in [3.8, 4) is 0 Å². The Morgan fingerprint density at radius 3 is 2.33 bits per heavy atom. The fourth-order valence-corrected chi connectivity index (χ4v) is 1.87. The summed E-state index contributed by atoms with van der Waals surface area (Å²) in [5.74, 6) is 0.836. The van der Waals surface area contributed by atoms with Crippen LogP contribution in [-0.2, 0) is 14.6 Å². The molecule has 0 radical (unpaired) electrons. The number of allylic oxidation sites excluding steroid dienone is 4. The van der Waals surface area contributed by atoms with Gasteiger partial charge in [-0.3, -0.25) is 0 Å². The van der Waals surface area contributed by atoms with E-state index in [2.05, 4.69) is 0 Å². The van der Waals surface area contributed by atoms with Gasteiger partial charge in [0.2, 0.25) is 0 Å². The molecule has 3 nitrogen and oxygen atoms in total. The largest absolute Gasteiger partial charge is 0.501 e. The molecule has 0 aliphatic heterocycles. The molecule has 1 aliphatic carbocycles. The Bertz CT molecular complexity index is 322. The quantitative estimate of drug-likeness (QED) is 0.654. The monoisotopic (exact) mass is 188 g/mol. The molecule has 0 amide bonds. The van der Waals surface area contributed by atoms with Gasteiger partial charge in [0.15, 0.2) is 9.84 Å². The minimum atomic E-state index is -3.00. The summed E-state index contributed by atoms with van der Waals surface area (Å²) in [4.78, 5) is 0.489. The van der Waals surface area contributed by atoms with Gasteiger partial charge in [-0.1, -0.05) is 0 Å². The van der Waals surface area contributed by atoms with Gasteiger partial charge < -0.3 is 4.74 Å². The van der Waals surface area contributed by atoms with Gasteiger partial charge in [-0.05, 0) is 18.6 Å². The maximum Gasteiger partial charge on any atom is 0.171 e. The molecule has 0 aromatic rings. The molecule has 0 saturated heterocycles. The van der Waals surface area contributed by atoms with Gasteiger partial charge in [-0.15, -0.1) is 0 Å². The van der Waals surface area contributed by atoms with Crippen LogP contribution in [-0.4, -0.2) is 21.8 Å². The van der Waals surface area contributed by atoms with Gasteiger partial charge in [-0.2, -0.15) is 0 Å². The van der Waals surface area contributed by atoms with E-state index in [4.69, 9.17) is 4.74 Å². The topological polar surface area (TPSA) is 43.4 Å². The lowest BCUT2D eigenvalue weighted by Gasteiger charge is -2.11. The Balaban J connectivity index is 2.88. The van der Waals surface area contributed by atoms with Crippen LogP contribution >= 0.6 is 0 Å². The molecule has 0 fully saturated rings. The molecular formula is C8H12O3S. The molecule has 0 heterocycles. The maximum absolute atomic E-state index is 11.0. The predicted octanol–water partition coefficient (Wildman–Crippen LogP) is 1.24. The van der Waals surface area contributed by atoms with Gasteiger partial charge in [0.1, 0.15) is 0 Å². The number of rotatable bonds is 2. The van der Waals surface area contributed by atoms with E-state index in [1.54, 1.807) is 19.3 Å². The van der Waals surface area contributed by atoms with E-state index in [0.717, 1.165) is 5.76 Å². The molecule has 0 aromatic heterocycles. The first-order valence-corrected chi connectivity index (χ1v) is 5.57. The molecule has 0 atom stereocenters. The lowest BCUT2D eigenvalue weighted by Crippen LogP contribution is -2.04. The number of methoxy groups -OCH3 is 1. The van der Waals surface area contributed by atoms with Crippen molar-refractivity contribution in [2.45, 2.75) is 12.8 Å². The summed E-state index contributed by atoms with van der Waals surface area (Å²) >= 11 is 0. The molecule has 0 spiro atoms. The Hall–Kier alpha value is -0.770. The highest BCUT2D eigenvalue weighted by Gasteiger charge is 2.14. The standard InChI is InChI=1S/C8H12O3S/c1-11-7-3-5-8(6-4-7)12(2,9)10/h3,5H,4,6H2,1-2H3. The Morgan fingerprint density at radius 2 is 2.00 bits per heavy atom. The van der Waals surface area contributed by atoms with E-state index in [9.17, 15) is 8.42 Å². The van der Waals surface area contributed by atoms with E-state index < -0.39 is 9.84 Å². The second-order valence-electron chi connectivity index (χ2n) is 2.74. The smallest absolute Gasteiger partial charge is 0.171 e. The molecule has 0 saturated carbocycles. The van der Waals surface area contributed by atoms with Crippen LogP contribution in [0.25, 0.3) is 0 Å². The highest BCUT2D eigenvalue weighted by atomic mass is 32.2. The maximum atomic E-state index is 11.0. The third kappa shape index (κ3) is 2.11. The van der Waals surface area contributed by atoms with Crippen LogP contribution in [0.4, 0.5) is 0 Å². The van der Waals surface area contributed by atoms with Gasteiger partial charge in [0.05, 0.1) is 12.9 Å². The molecule has 0 unspecified atom stereocenters. The van der Waals surface area contributed by atoms with Crippen molar-refractivity contribution in [1.82, 2.24) is 0 Å². The van der Waals surface area contributed by atoms with Crippen molar-refractivity contribution in [1.29, 1.82) is 0 Å². The molecule has 0 bridgehead atoms. The summed E-state index contributed by atoms with van der Waals surface area (Å²) in [7, 11) is -1.41. The fraction of sp³-hybridized carbons (Fsp3) is 0.500. The number of sulfone groups is 1. The zero-order valence-corrected chi connectivity index (χ0v) is 8.02. The SMILES string of the molecule is COC1=CC=C(S(C)(=O)=O)CC1. The highest BCUT2D eigenvalue weighted by molar-refractivity contribution is 7.94. The third-order valence-corrected chi connectivity index (χ3v) is 3.10. The van der Waals surface area contributed by atoms with Crippen molar-refractivity contribution in [2.24, 2.45) is 0 Å². The van der Waals surface area contributed by atoms with E-state index in [-0.39, 0.29) is 0 Å². The summed E-state index contributed by atoms with van der Waals surface area (Å²) in [5, 5.41) is 0. The minimum Gasteiger partial charge on any atom is -0.501 e. The highest BCUT2D eigenvalue weighted by Crippen LogP contribution is 2.21. The first kappa shape index (κ1) is 9.32. The first-order valence-electron chi connectivity index (χ1n) is 3.68. The summed E-state index contributed by atoms with van der Waals surface area (Å²) in [6.45, 7) is 0. The van der Waals surface area contributed by atoms with E-state index >= 15 is 0 Å². The molecule has 1 rings (SSSR count). The molecular weight excluding hydrogens is 176 g/mol. The number of ether oxygens (including phenoxy) is 1. The van der Waals surface area contributed by atoms with E-state index in [1.165, 1.54) is 6.26 Å². The molecule has 1 aliphatic rings. The van der Waals surface area contributed by atoms with Crippen LogP contribution in [0, 0.1) is 0 Å². The molecule has 0 N–H and O–H groups in total. The second-order valence-corrected chi connectivity index (χ2v) is 4.81. The predicted molar refractivity (Wildman–Crippen MR) is 47.3 cm³/mol. The summed E-state index contributed by atoms with van der Waals surface area (Å²) in [6, 6.07) is 0. The summed E-state index contributed by atoms with van der Waals surface area (Å²) in [6.07, 6.45) is 5.77. The van der Waals surface area contributed by atoms with Gasteiger partial charge in [-0.25, -0.2) is 8.42 Å². The Labute approximate surface area is 72.6 Å². The Morgan fingerprint density at radius 1 is 1.33 bits per heavy atom. The Kier molecular flexibility index (Phi) is 2.57. The summed E-state index contributed by atoms with van der Waals surface area (Å²) in [5.41, 5.74) is 0. The van der Waals surface area contributed by atoms with E-state index in [1.807, 2.05) is 0 Å². The molecule has 4 heteroatoms. The van der Waals surface area contributed by atoms with E-state index in [0.29, 0.717) is 17.7 Å². The minimum absolute atomic E-state index is 0.489. The van der Waals surface area contributed by atoms with Crippen molar-refractivity contribution in [3.05, 3.63) is 22.8 Å². The summed E-state index contributed by atoms with van der Waals surface area (Å²) < 4.78 is 27.1. The molecule has 0 aromatic carbocycles. The average molecular weight is 188 g/mol. The number of hydrogen-bond donors (Lipinski definition) is 0. The van der Waals surface area contributed by atoms with Crippen LogP contribution in [0.15, 0.2) is 22.8 Å². The number of hydrogen-bond acceptors (Lipinski definition) is 3. The van der Waals surface area contributed by atoms with Crippen LogP contribution < -0.4 is 0 Å². The van der Waals surface area contributed by atoms with Crippen molar-refractivity contribution >= 4 is 9.84 Å². The molecule has 12 heavy (non-hydrogen) atoms. The van der Waals surface area contributed by atoms with Gasteiger partial charge >= 0.3 is 0 Å². The van der Waals surface area contributed by atoms with Gasteiger partial charge in [0.25, 0.3) is 0 Å². The zero-order valence-electron chi connectivity index (χ0n) is 7.20. The average Bonchev–Trinajstić information content (AvgIpc) is 2.03. The molecule has 68 valence electrons. The van der Waals surface area contributed by atoms with Crippen LogP contribution in [0.1, 0.15) is 12.8 Å². The van der Waals surface area contributed by atoms with Crippen molar-refractivity contribution in [3.63, 3.8) is 0 Å². The van der Waals surface area contributed by atoms with Crippen LogP contribution in [0.3, 0.4) is 0 Å². The van der Waals surface area contributed by atoms with Gasteiger partial charge in [0, 0.05) is 17.6 Å². The van der Waals surface area contributed by atoms with Crippen molar-refractivity contribution in [2.75, 3.05) is 13.4 Å².